The first-order valence-electron chi connectivity index (χ1n) is 3.34. The smallest absolute Gasteiger partial charge is 0.156 e. The highest BCUT2D eigenvalue weighted by Gasteiger charge is 2.18. The second-order valence-corrected chi connectivity index (χ2v) is 3.59. The van der Waals surface area contributed by atoms with E-state index in [0.29, 0.717) is 5.30 Å². The fraction of sp³-hybridized carbons (Fsp3) is 0.250. The van der Waals surface area contributed by atoms with Crippen molar-refractivity contribution < 1.29 is 9.46 Å². The molecular formula is C8H10O2P+. The predicted molar refractivity (Wildman–Crippen MR) is 45.4 cm³/mol. The molecule has 0 saturated heterocycles. The average Bonchev–Trinajstić information content (AvgIpc) is 1.94. The van der Waals surface area contributed by atoms with E-state index >= 15 is 0 Å². The van der Waals surface area contributed by atoms with Gasteiger partial charge in [-0.25, -0.2) is 0 Å². The SMILES string of the molecule is Cc1ccc(C)c([P+](=O)O)c1. The van der Waals surface area contributed by atoms with Crippen molar-refractivity contribution in [3.05, 3.63) is 29.3 Å². The van der Waals surface area contributed by atoms with E-state index in [2.05, 4.69) is 0 Å². The van der Waals surface area contributed by atoms with Gasteiger partial charge in [0.1, 0.15) is 0 Å². The normalized spacial score (nSPS) is 11.4. The lowest BCUT2D eigenvalue weighted by molar-refractivity contribution is 0.513. The quantitative estimate of drug-likeness (QED) is 0.649. The minimum atomic E-state index is -2.18. The summed E-state index contributed by atoms with van der Waals surface area (Å²) in [6, 6.07) is 5.53. The van der Waals surface area contributed by atoms with Gasteiger partial charge in [-0.2, -0.15) is 4.89 Å². The maximum atomic E-state index is 10.7. The molecule has 58 valence electrons. The standard InChI is InChI=1S/C8H9O2P/c1-6-3-4-7(2)8(5-6)11(9)10/h3-5H,1-2H3/p+1. The second-order valence-electron chi connectivity index (χ2n) is 2.56. The maximum absolute atomic E-state index is 10.7. The molecule has 0 aliphatic rings. The van der Waals surface area contributed by atoms with Crippen LogP contribution in [0.15, 0.2) is 18.2 Å². The van der Waals surface area contributed by atoms with Crippen LogP contribution in [0.3, 0.4) is 0 Å². The molecule has 0 fully saturated rings. The van der Waals surface area contributed by atoms with E-state index in [1.807, 2.05) is 26.0 Å². The van der Waals surface area contributed by atoms with Crippen LogP contribution in [0.2, 0.25) is 0 Å². The van der Waals surface area contributed by atoms with Crippen molar-refractivity contribution in [3.8, 4) is 0 Å². The molecule has 0 amide bonds. The molecule has 11 heavy (non-hydrogen) atoms. The maximum Gasteiger partial charge on any atom is 0.546 e. The highest BCUT2D eigenvalue weighted by atomic mass is 31.1. The van der Waals surface area contributed by atoms with Gasteiger partial charge in [-0.15, -0.1) is 0 Å². The minimum Gasteiger partial charge on any atom is -0.156 e. The number of hydrogen-bond donors (Lipinski definition) is 1. The van der Waals surface area contributed by atoms with Gasteiger partial charge in [0.15, 0.2) is 0 Å². The van der Waals surface area contributed by atoms with Crippen LogP contribution in [0.4, 0.5) is 0 Å². The zero-order valence-electron chi connectivity index (χ0n) is 6.53. The summed E-state index contributed by atoms with van der Waals surface area (Å²) in [5.74, 6) is 0. The van der Waals surface area contributed by atoms with Crippen molar-refractivity contribution in [1.29, 1.82) is 0 Å². The molecule has 0 heterocycles. The molecule has 1 atom stereocenters. The van der Waals surface area contributed by atoms with Crippen molar-refractivity contribution in [1.82, 2.24) is 0 Å². The van der Waals surface area contributed by atoms with Crippen LogP contribution in [-0.4, -0.2) is 4.89 Å². The van der Waals surface area contributed by atoms with Gasteiger partial charge < -0.3 is 0 Å². The Kier molecular flexibility index (Phi) is 2.38. The summed E-state index contributed by atoms with van der Waals surface area (Å²) < 4.78 is 10.7. The van der Waals surface area contributed by atoms with Crippen LogP contribution >= 0.6 is 8.03 Å². The fourth-order valence-corrected chi connectivity index (χ4v) is 1.62. The van der Waals surface area contributed by atoms with E-state index in [9.17, 15) is 4.57 Å². The third-order valence-corrected chi connectivity index (χ3v) is 2.46. The third kappa shape index (κ3) is 1.86. The first kappa shape index (κ1) is 8.38. The first-order chi connectivity index (χ1) is 5.11. The Hall–Kier alpha value is -0.720. The van der Waals surface area contributed by atoms with Crippen LogP contribution < -0.4 is 5.30 Å². The van der Waals surface area contributed by atoms with Gasteiger partial charge in [0.05, 0.1) is 0 Å². The number of benzene rings is 1. The van der Waals surface area contributed by atoms with Gasteiger partial charge in [0, 0.05) is 5.56 Å². The highest BCUT2D eigenvalue weighted by molar-refractivity contribution is 7.47. The molecule has 0 aromatic heterocycles. The Morgan fingerprint density at radius 2 is 2.00 bits per heavy atom. The minimum absolute atomic E-state index is 0.542. The molecule has 0 aliphatic heterocycles. The summed E-state index contributed by atoms with van der Waals surface area (Å²) in [5, 5.41) is 0.542. The lowest BCUT2D eigenvalue weighted by atomic mass is 10.2. The first-order valence-corrected chi connectivity index (χ1v) is 4.56. The molecule has 1 rings (SSSR count). The molecule has 0 spiro atoms. The molecular weight excluding hydrogens is 159 g/mol. The number of hydrogen-bond acceptors (Lipinski definition) is 1. The van der Waals surface area contributed by atoms with Crippen molar-refractivity contribution >= 4 is 13.3 Å². The summed E-state index contributed by atoms with van der Waals surface area (Å²) >= 11 is 0. The molecule has 3 heteroatoms. The van der Waals surface area contributed by atoms with E-state index in [-0.39, 0.29) is 0 Å². The van der Waals surface area contributed by atoms with Crippen LogP contribution in [0, 0.1) is 13.8 Å². The van der Waals surface area contributed by atoms with Crippen LogP contribution in [0.25, 0.3) is 0 Å². The van der Waals surface area contributed by atoms with Gasteiger partial charge in [-0.05, 0) is 30.0 Å². The lowest BCUT2D eigenvalue weighted by Crippen LogP contribution is -2.01. The molecule has 0 bridgehead atoms. The van der Waals surface area contributed by atoms with Crippen molar-refractivity contribution in [2.45, 2.75) is 13.8 Å². The summed E-state index contributed by atoms with van der Waals surface area (Å²) in [5.41, 5.74) is 1.89. The monoisotopic (exact) mass is 169 g/mol. The molecule has 1 unspecified atom stereocenters. The predicted octanol–water partition coefficient (Wildman–Crippen LogP) is 1.66. The summed E-state index contributed by atoms with van der Waals surface area (Å²) in [4.78, 5) is 8.84. The van der Waals surface area contributed by atoms with Crippen molar-refractivity contribution in [2.75, 3.05) is 0 Å². The summed E-state index contributed by atoms with van der Waals surface area (Å²) in [6.45, 7) is 3.74. The second kappa shape index (κ2) is 3.12. The van der Waals surface area contributed by atoms with Gasteiger partial charge in [-0.3, -0.25) is 0 Å². The number of aryl methyl sites for hydroxylation is 2. The van der Waals surface area contributed by atoms with Gasteiger partial charge in [-0.1, -0.05) is 12.1 Å². The van der Waals surface area contributed by atoms with E-state index in [1.165, 1.54) is 0 Å². The molecule has 0 aliphatic carbocycles. The lowest BCUT2D eigenvalue weighted by Gasteiger charge is -1.92. The van der Waals surface area contributed by atoms with Crippen LogP contribution in [-0.2, 0) is 4.57 Å². The Balaban J connectivity index is 3.23. The van der Waals surface area contributed by atoms with Crippen molar-refractivity contribution in [2.24, 2.45) is 0 Å². The van der Waals surface area contributed by atoms with E-state index in [4.69, 9.17) is 4.89 Å². The zero-order chi connectivity index (χ0) is 8.43. The Morgan fingerprint density at radius 3 is 2.45 bits per heavy atom. The molecule has 0 radical (unpaired) electrons. The topological polar surface area (TPSA) is 37.3 Å². The van der Waals surface area contributed by atoms with E-state index in [1.54, 1.807) is 6.07 Å². The summed E-state index contributed by atoms with van der Waals surface area (Å²) in [7, 11) is -2.18. The van der Waals surface area contributed by atoms with E-state index in [0.717, 1.165) is 11.1 Å². The zero-order valence-corrected chi connectivity index (χ0v) is 7.43. The van der Waals surface area contributed by atoms with Gasteiger partial charge >= 0.3 is 8.03 Å². The molecule has 0 saturated carbocycles. The van der Waals surface area contributed by atoms with Crippen molar-refractivity contribution in [3.63, 3.8) is 0 Å². The Labute approximate surface area is 66.7 Å². The highest BCUT2D eigenvalue weighted by Crippen LogP contribution is 2.16. The molecule has 1 N–H and O–H groups in total. The molecule has 1 aromatic rings. The number of rotatable bonds is 1. The summed E-state index contributed by atoms with van der Waals surface area (Å²) in [6.07, 6.45) is 0. The Bertz CT molecular complexity index is 294. The molecule has 2 nitrogen and oxygen atoms in total. The molecule has 1 aromatic carbocycles. The van der Waals surface area contributed by atoms with Crippen LogP contribution in [0.5, 0.6) is 0 Å². The largest absolute Gasteiger partial charge is 0.546 e. The van der Waals surface area contributed by atoms with Crippen LogP contribution in [0.1, 0.15) is 11.1 Å². The fourth-order valence-electron chi connectivity index (χ4n) is 0.926. The van der Waals surface area contributed by atoms with Gasteiger partial charge in [0.2, 0.25) is 5.30 Å². The average molecular weight is 169 g/mol. The van der Waals surface area contributed by atoms with E-state index < -0.39 is 8.03 Å². The van der Waals surface area contributed by atoms with Gasteiger partial charge in [0.25, 0.3) is 0 Å². The third-order valence-electron chi connectivity index (χ3n) is 1.57. The Morgan fingerprint density at radius 1 is 1.36 bits per heavy atom.